The van der Waals surface area contributed by atoms with E-state index in [2.05, 4.69) is 28.8 Å². The highest BCUT2D eigenvalue weighted by Gasteiger charge is 2.15. The molecular formula is C16H19N2O2S+. The number of thiazole rings is 1. The molecular weight excluding hydrogens is 284 g/mol. The van der Waals surface area contributed by atoms with Gasteiger partial charge in [-0.15, -0.1) is 0 Å². The molecule has 0 fully saturated rings. The van der Waals surface area contributed by atoms with E-state index in [-0.39, 0.29) is 5.97 Å². The summed E-state index contributed by atoms with van der Waals surface area (Å²) in [4.78, 5) is 11.6. The summed E-state index contributed by atoms with van der Waals surface area (Å²) in [5, 5.41) is 6.49. The number of hydrogen-bond donors (Lipinski definition) is 1. The van der Waals surface area contributed by atoms with Gasteiger partial charge in [-0.1, -0.05) is 24.0 Å². The Morgan fingerprint density at radius 2 is 2.14 bits per heavy atom. The molecule has 0 atom stereocenters. The number of nitrogens with zero attached hydrogens (tertiary/aromatic N) is 1. The smallest absolute Gasteiger partial charge is 0.339 e. The zero-order chi connectivity index (χ0) is 15.2. The van der Waals surface area contributed by atoms with E-state index in [1.807, 2.05) is 18.2 Å². The minimum atomic E-state index is -0.294. The lowest BCUT2D eigenvalue weighted by Gasteiger charge is -2.03. The lowest BCUT2D eigenvalue weighted by Crippen LogP contribution is -2.35. The van der Waals surface area contributed by atoms with Crippen LogP contribution in [-0.4, -0.2) is 12.6 Å². The fourth-order valence-electron chi connectivity index (χ4n) is 1.91. The van der Waals surface area contributed by atoms with Crippen LogP contribution in [0.3, 0.4) is 0 Å². The number of rotatable bonds is 6. The van der Waals surface area contributed by atoms with Crippen LogP contribution < -0.4 is 9.88 Å². The second-order valence-electron chi connectivity index (χ2n) is 4.50. The number of allylic oxidation sites excluding steroid dienone is 1. The SMILES string of the molecule is C=CC[n+]1c(C)csc1Nc1ccc(C(=O)OCC)cc1. The minimum absolute atomic E-state index is 0.294. The van der Waals surface area contributed by atoms with Crippen LogP contribution in [0.2, 0.25) is 0 Å². The lowest BCUT2D eigenvalue weighted by atomic mass is 10.2. The molecule has 110 valence electrons. The van der Waals surface area contributed by atoms with Gasteiger partial charge in [0.15, 0.2) is 0 Å². The first-order valence-electron chi connectivity index (χ1n) is 6.78. The molecule has 1 aromatic carbocycles. The van der Waals surface area contributed by atoms with E-state index in [0.29, 0.717) is 12.2 Å². The van der Waals surface area contributed by atoms with E-state index in [1.54, 1.807) is 30.4 Å². The molecule has 4 nitrogen and oxygen atoms in total. The van der Waals surface area contributed by atoms with Gasteiger partial charge in [0, 0.05) is 5.38 Å². The van der Waals surface area contributed by atoms with Gasteiger partial charge in [0.1, 0.15) is 17.9 Å². The third kappa shape index (κ3) is 3.70. The van der Waals surface area contributed by atoms with E-state index in [0.717, 1.165) is 17.4 Å². The predicted octanol–water partition coefficient (Wildman–Crippen LogP) is 3.45. The summed E-state index contributed by atoms with van der Waals surface area (Å²) in [6, 6.07) is 7.27. The molecule has 0 aliphatic heterocycles. The number of esters is 1. The summed E-state index contributed by atoms with van der Waals surface area (Å²) < 4.78 is 7.12. The second kappa shape index (κ2) is 7.04. The van der Waals surface area contributed by atoms with Crippen molar-refractivity contribution in [2.24, 2.45) is 0 Å². The summed E-state index contributed by atoms with van der Waals surface area (Å²) in [6.07, 6.45) is 1.87. The molecule has 0 aliphatic carbocycles. The maximum atomic E-state index is 11.6. The molecule has 1 heterocycles. The molecule has 0 amide bonds. The first kappa shape index (κ1) is 15.3. The molecule has 0 unspecified atom stereocenters. The zero-order valence-electron chi connectivity index (χ0n) is 12.3. The Balaban J connectivity index is 2.13. The molecule has 1 N–H and O–H groups in total. The van der Waals surface area contributed by atoms with E-state index in [1.165, 1.54) is 5.69 Å². The number of nitrogens with one attached hydrogen (secondary N) is 1. The van der Waals surface area contributed by atoms with Crippen molar-refractivity contribution in [1.29, 1.82) is 0 Å². The van der Waals surface area contributed by atoms with Crippen molar-refractivity contribution in [1.82, 2.24) is 0 Å². The first-order chi connectivity index (χ1) is 10.2. The Hall–Kier alpha value is -2.14. The normalized spacial score (nSPS) is 10.2. The van der Waals surface area contributed by atoms with Crippen molar-refractivity contribution in [3.05, 3.63) is 53.6 Å². The van der Waals surface area contributed by atoms with Crippen LogP contribution in [-0.2, 0) is 11.3 Å². The van der Waals surface area contributed by atoms with Crippen LogP contribution in [0.1, 0.15) is 23.0 Å². The molecule has 0 aliphatic rings. The molecule has 0 radical (unpaired) electrons. The van der Waals surface area contributed by atoms with Gasteiger partial charge in [0.05, 0.1) is 12.2 Å². The number of ether oxygens (including phenoxy) is 1. The standard InChI is InChI=1S/C16H18N2O2S/c1-4-10-18-12(3)11-21-16(18)17-14-8-6-13(7-9-14)15(19)20-5-2/h4,6-9,11H,1,5,10H2,2-3H3/p+1. The minimum Gasteiger partial charge on any atom is -0.462 e. The molecule has 0 bridgehead atoms. The van der Waals surface area contributed by atoms with E-state index in [4.69, 9.17) is 4.74 Å². The lowest BCUT2D eigenvalue weighted by molar-refractivity contribution is -0.674. The van der Waals surface area contributed by atoms with Gasteiger partial charge >= 0.3 is 11.1 Å². The molecule has 0 saturated carbocycles. The summed E-state index contributed by atoms with van der Waals surface area (Å²) in [5.41, 5.74) is 2.68. The monoisotopic (exact) mass is 303 g/mol. The molecule has 2 rings (SSSR count). The predicted molar refractivity (Wildman–Crippen MR) is 85.1 cm³/mol. The van der Waals surface area contributed by atoms with Gasteiger partial charge in [-0.2, -0.15) is 0 Å². The third-order valence-corrected chi connectivity index (χ3v) is 3.98. The molecule has 1 aromatic heterocycles. The van der Waals surface area contributed by atoms with E-state index >= 15 is 0 Å². The Labute approximate surface area is 128 Å². The Morgan fingerprint density at radius 1 is 1.43 bits per heavy atom. The summed E-state index contributed by atoms with van der Waals surface area (Å²) in [6.45, 7) is 8.79. The van der Waals surface area contributed by atoms with Crippen LogP contribution in [0, 0.1) is 6.92 Å². The summed E-state index contributed by atoms with van der Waals surface area (Å²) in [5.74, 6) is -0.294. The topological polar surface area (TPSA) is 42.2 Å². The average molecular weight is 303 g/mol. The van der Waals surface area contributed by atoms with Crippen LogP contribution in [0.4, 0.5) is 10.8 Å². The van der Waals surface area contributed by atoms with E-state index < -0.39 is 0 Å². The Morgan fingerprint density at radius 3 is 2.76 bits per heavy atom. The number of anilines is 2. The molecule has 0 spiro atoms. The van der Waals surface area contributed by atoms with Crippen molar-refractivity contribution in [3.8, 4) is 0 Å². The van der Waals surface area contributed by atoms with Gasteiger partial charge in [-0.05, 0) is 38.1 Å². The highest BCUT2D eigenvalue weighted by atomic mass is 32.1. The van der Waals surface area contributed by atoms with Crippen LogP contribution in [0.15, 0.2) is 42.3 Å². The average Bonchev–Trinajstić information content (AvgIpc) is 2.82. The number of benzene rings is 1. The highest BCUT2D eigenvalue weighted by Crippen LogP contribution is 2.20. The maximum Gasteiger partial charge on any atom is 0.339 e. The fraction of sp³-hybridized carbons (Fsp3) is 0.250. The molecule has 2 aromatic rings. The van der Waals surface area contributed by atoms with Crippen LogP contribution in [0.5, 0.6) is 0 Å². The van der Waals surface area contributed by atoms with Crippen molar-refractivity contribution < 1.29 is 14.1 Å². The number of aryl methyl sites for hydroxylation is 1. The number of carbonyl (C=O) groups is 1. The van der Waals surface area contributed by atoms with Crippen molar-refractivity contribution >= 4 is 28.1 Å². The number of aromatic nitrogens is 1. The third-order valence-electron chi connectivity index (χ3n) is 2.97. The first-order valence-corrected chi connectivity index (χ1v) is 7.66. The van der Waals surface area contributed by atoms with Gasteiger partial charge < -0.3 is 4.74 Å². The van der Waals surface area contributed by atoms with Crippen molar-refractivity contribution in [3.63, 3.8) is 0 Å². The maximum absolute atomic E-state index is 11.6. The van der Waals surface area contributed by atoms with Gasteiger partial charge in [0.25, 0.3) is 0 Å². The number of carbonyl (C=O) groups excluding carboxylic acids is 1. The molecule has 0 saturated heterocycles. The van der Waals surface area contributed by atoms with E-state index in [9.17, 15) is 4.79 Å². The van der Waals surface area contributed by atoms with Crippen LogP contribution in [0.25, 0.3) is 0 Å². The van der Waals surface area contributed by atoms with Crippen molar-refractivity contribution in [2.45, 2.75) is 20.4 Å². The Kier molecular flexibility index (Phi) is 5.11. The summed E-state index contributed by atoms with van der Waals surface area (Å²) >= 11 is 1.64. The highest BCUT2D eigenvalue weighted by molar-refractivity contribution is 7.13. The molecule has 5 heteroatoms. The fourth-order valence-corrected chi connectivity index (χ4v) is 2.84. The largest absolute Gasteiger partial charge is 0.462 e. The summed E-state index contributed by atoms with van der Waals surface area (Å²) in [7, 11) is 0. The van der Waals surface area contributed by atoms with Gasteiger partial charge in [0.2, 0.25) is 0 Å². The Bertz CT molecular complexity index is 632. The van der Waals surface area contributed by atoms with Crippen molar-refractivity contribution in [2.75, 3.05) is 11.9 Å². The van der Waals surface area contributed by atoms with Gasteiger partial charge in [-0.25, -0.2) is 14.7 Å². The quantitative estimate of drug-likeness (QED) is 0.505. The second-order valence-corrected chi connectivity index (χ2v) is 5.36. The molecule has 21 heavy (non-hydrogen) atoms. The van der Waals surface area contributed by atoms with Gasteiger partial charge in [-0.3, -0.25) is 0 Å². The number of hydrogen-bond acceptors (Lipinski definition) is 4. The van der Waals surface area contributed by atoms with Crippen LogP contribution >= 0.6 is 11.3 Å². The zero-order valence-corrected chi connectivity index (χ0v) is 13.1.